The third-order valence-electron chi connectivity index (χ3n) is 11.5. The van der Waals surface area contributed by atoms with E-state index in [0.29, 0.717) is 5.82 Å². The maximum absolute atomic E-state index is 5.24. The monoisotopic (exact) mass is 733 g/mol. The van der Waals surface area contributed by atoms with E-state index in [1.54, 1.807) is 0 Å². The highest BCUT2D eigenvalue weighted by molar-refractivity contribution is 7.26. The molecule has 0 spiro atoms. The summed E-state index contributed by atoms with van der Waals surface area (Å²) in [6, 6.07) is 62.8. The molecule has 0 bridgehead atoms. The van der Waals surface area contributed by atoms with E-state index in [9.17, 15) is 0 Å². The average Bonchev–Trinajstić information content (AvgIpc) is 3.76. The van der Waals surface area contributed by atoms with Gasteiger partial charge in [0.1, 0.15) is 0 Å². The molecule has 3 aromatic heterocycles. The number of nitrogens with zero attached hydrogens (tertiary/aromatic N) is 3. The molecular formula is C52H35N3S. The van der Waals surface area contributed by atoms with Gasteiger partial charge in [0.05, 0.1) is 27.3 Å². The van der Waals surface area contributed by atoms with Gasteiger partial charge in [-0.1, -0.05) is 159 Å². The summed E-state index contributed by atoms with van der Waals surface area (Å²) in [5.74, 6) is 0.689. The van der Waals surface area contributed by atoms with Crippen LogP contribution in [0.25, 0.3) is 98.5 Å². The van der Waals surface area contributed by atoms with Crippen LogP contribution in [0.5, 0.6) is 0 Å². The van der Waals surface area contributed by atoms with Gasteiger partial charge in [0, 0.05) is 48.5 Å². The number of rotatable bonds is 5. The number of thiophene rings is 1. The number of pyridine rings is 1. The number of para-hydroxylation sites is 1. The van der Waals surface area contributed by atoms with Crippen molar-refractivity contribution in [1.82, 2.24) is 15.0 Å². The van der Waals surface area contributed by atoms with Gasteiger partial charge < -0.3 is 0 Å². The Morgan fingerprint density at radius 3 is 1.91 bits per heavy atom. The van der Waals surface area contributed by atoms with Gasteiger partial charge in [0.15, 0.2) is 5.82 Å². The molecule has 0 atom stereocenters. The summed E-state index contributed by atoms with van der Waals surface area (Å²) in [6.45, 7) is 4.67. The molecule has 0 N–H and O–H groups in total. The number of benzene rings is 7. The predicted molar refractivity (Wildman–Crippen MR) is 235 cm³/mol. The van der Waals surface area contributed by atoms with E-state index in [0.717, 1.165) is 44.9 Å². The van der Waals surface area contributed by atoms with Crippen molar-refractivity contribution in [2.45, 2.75) is 19.3 Å². The maximum atomic E-state index is 5.24. The highest BCUT2D eigenvalue weighted by atomic mass is 32.1. The minimum atomic E-state index is -0.0600. The molecule has 7 aromatic carbocycles. The van der Waals surface area contributed by atoms with Crippen LogP contribution in [0.4, 0.5) is 0 Å². The van der Waals surface area contributed by atoms with Gasteiger partial charge in [-0.25, -0.2) is 15.0 Å². The molecule has 264 valence electrons. The van der Waals surface area contributed by atoms with Crippen LogP contribution in [0, 0.1) is 0 Å². The van der Waals surface area contributed by atoms with Gasteiger partial charge in [0.2, 0.25) is 0 Å². The quantitative estimate of drug-likeness (QED) is 0.177. The Morgan fingerprint density at radius 1 is 0.429 bits per heavy atom. The lowest BCUT2D eigenvalue weighted by atomic mass is 9.81. The van der Waals surface area contributed by atoms with Crippen molar-refractivity contribution in [3.05, 3.63) is 187 Å². The molecule has 4 heteroatoms. The van der Waals surface area contributed by atoms with E-state index in [2.05, 4.69) is 184 Å². The molecule has 0 saturated carbocycles. The standard InChI is InChI=1S/C52H35N3S/c1-52(2)42-20-9-6-17-38(42)39-28-27-36(30-43(39)52)35-15-12-16-37(29-35)46-31-45(32-13-4-3-5-14-32)54-51(55-46)34-25-23-33(24-26-34)49-50-48(40-18-7-10-21-44(40)53-49)41-19-8-11-22-47(41)56-50/h3-31H,1-2H3. The lowest BCUT2D eigenvalue weighted by Gasteiger charge is -2.22. The van der Waals surface area contributed by atoms with Crippen molar-refractivity contribution in [3.8, 4) is 67.4 Å². The topological polar surface area (TPSA) is 38.7 Å². The Balaban J connectivity index is 1.01. The fraction of sp³-hybridized carbons (Fsp3) is 0.0577. The Bertz CT molecular complexity index is 3160. The molecule has 56 heavy (non-hydrogen) atoms. The summed E-state index contributed by atoms with van der Waals surface area (Å²) in [7, 11) is 0. The fourth-order valence-corrected chi connectivity index (χ4v) is 9.86. The number of hydrogen-bond donors (Lipinski definition) is 0. The minimum Gasteiger partial charge on any atom is -0.246 e. The first-order valence-corrected chi connectivity index (χ1v) is 19.9. The van der Waals surface area contributed by atoms with Crippen LogP contribution in [0.15, 0.2) is 176 Å². The Kier molecular flexibility index (Phi) is 7.38. The van der Waals surface area contributed by atoms with Crippen LogP contribution in [0.2, 0.25) is 0 Å². The summed E-state index contributed by atoms with van der Waals surface area (Å²) >= 11 is 1.81. The summed E-state index contributed by atoms with van der Waals surface area (Å²) in [5.41, 5.74) is 15.6. The molecule has 0 fully saturated rings. The molecule has 1 aliphatic carbocycles. The van der Waals surface area contributed by atoms with Crippen molar-refractivity contribution >= 4 is 42.4 Å². The van der Waals surface area contributed by atoms with Crippen molar-refractivity contribution in [2.24, 2.45) is 0 Å². The summed E-state index contributed by atoms with van der Waals surface area (Å²) in [5, 5.41) is 3.74. The third kappa shape index (κ3) is 5.21. The summed E-state index contributed by atoms with van der Waals surface area (Å²) in [6.07, 6.45) is 0. The maximum Gasteiger partial charge on any atom is 0.160 e. The molecule has 0 radical (unpaired) electrons. The molecule has 0 aliphatic heterocycles. The molecule has 10 aromatic rings. The number of hydrogen-bond acceptors (Lipinski definition) is 4. The second-order valence-electron chi connectivity index (χ2n) is 15.2. The zero-order valence-corrected chi connectivity index (χ0v) is 31.8. The van der Waals surface area contributed by atoms with Crippen LogP contribution in [-0.4, -0.2) is 15.0 Å². The van der Waals surface area contributed by atoms with Crippen LogP contribution in [-0.2, 0) is 5.41 Å². The van der Waals surface area contributed by atoms with Crippen molar-refractivity contribution in [2.75, 3.05) is 0 Å². The van der Waals surface area contributed by atoms with E-state index in [4.69, 9.17) is 15.0 Å². The average molecular weight is 734 g/mol. The molecule has 1 aliphatic rings. The minimum absolute atomic E-state index is 0.0600. The third-order valence-corrected chi connectivity index (χ3v) is 12.7. The lowest BCUT2D eigenvalue weighted by Crippen LogP contribution is -2.14. The van der Waals surface area contributed by atoms with Gasteiger partial charge in [-0.05, 0) is 63.7 Å². The smallest absolute Gasteiger partial charge is 0.160 e. The first kappa shape index (κ1) is 32.7. The van der Waals surface area contributed by atoms with Crippen molar-refractivity contribution in [3.63, 3.8) is 0 Å². The summed E-state index contributed by atoms with van der Waals surface area (Å²) < 4.78 is 2.48. The number of aromatic nitrogens is 3. The zero-order valence-electron chi connectivity index (χ0n) is 31.0. The first-order chi connectivity index (χ1) is 27.5. The van der Waals surface area contributed by atoms with Gasteiger partial charge in [-0.3, -0.25) is 0 Å². The van der Waals surface area contributed by atoms with Crippen LogP contribution < -0.4 is 0 Å². The highest BCUT2D eigenvalue weighted by Crippen LogP contribution is 2.50. The van der Waals surface area contributed by atoms with E-state index < -0.39 is 0 Å². The number of fused-ring (bicyclic) bond motifs is 8. The largest absolute Gasteiger partial charge is 0.246 e. The normalized spacial score (nSPS) is 13.0. The van der Waals surface area contributed by atoms with Gasteiger partial charge >= 0.3 is 0 Å². The molecular weight excluding hydrogens is 699 g/mol. The first-order valence-electron chi connectivity index (χ1n) is 19.1. The van der Waals surface area contributed by atoms with Crippen LogP contribution in [0.3, 0.4) is 0 Å². The predicted octanol–water partition coefficient (Wildman–Crippen LogP) is 14.0. The second kappa shape index (κ2) is 12.7. The van der Waals surface area contributed by atoms with E-state index >= 15 is 0 Å². The highest BCUT2D eigenvalue weighted by Gasteiger charge is 2.35. The van der Waals surface area contributed by atoms with E-state index in [1.807, 2.05) is 17.4 Å². The SMILES string of the molecule is CC1(C)c2ccccc2-c2ccc(-c3cccc(-c4cc(-c5ccccc5)nc(-c5ccc(-c6nc7ccccc7c7c6sc6ccccc67)cc5)n4)c3)cc21. The van der Waals surface area contributed by atoms with Crippen molar-refractivity contribution in [1.29, 1.82) is 0 Å². The summed E-state index contributed by atoms with van der Waals surface area (Å²) in [4.78, 5) is 15.6. The van der Waals surface area contributed by atoms with Gasteiger partial charge in [-0.15, -0.1) is 11.3 Å². The van der Waals surface area contributed by atoms with Crippen LogP contribution >= 0.6 is 11.3 Å². The molecule has 3 heterocycles. The lowest BCUT2D eigenvalue weighted by molar-refractivity contribution is 0.660. The second-order valence-corrected chi connectivity index (χ2v) is 16.2. The van der Waals surface area contributed by atoms with Crippen LogP contribution in [0.1, 0.15) is 25.0 Å². The Labute approximate surface area is 329 Å². The fourth-order valence-electron chi connectivity index (χ4n) is 8.63. The molecule has 3 nitrogen and oxygen atoms in total. The van der Waals surface area contributed by atoms with Gasteiger partial charge in [-0.2, -0.15) is 0 Å². The molecule has 0 saturated heterocycles. The van der Waals surface area contributed by atoms with Crippen molar-refractivity contribution < 1.29 is 0 Å². The molecule has 0 amide bonds. The van der Waals surface area contributed by atoms with E-state index in [-0.39, 0.29) is 5.41 Å². The van der Waals surface area contributed by atoms with Gasteiger partial charge in [0.25, 0.3) is 0 Å². The Hall–Kier alpha value is -6.75. The van der Waals surface area contributed by atoms with E-state index in [1.165, 1.54) is 58.9 Å². The zero-order chi connectivity index (χ0) is 37.4. The molecule has 11 rings (SSSR count). The Morgan fingerprint density at radius 2 is 1.05 bits per heavy atom. The molecule has 0 unspecified atom stereocenters.